The van der Waals surface area contributed by atoms with Crippen LogP contribution in [0.2, 0.25) is 0 Å². The second-order valence-corrected chi connectivity index (χ2v) is 6.07. The van der Waals surface area contributed by atoms with Gasteiger partial charge in [0.05, 0.1) is 11.9 Å². The smallest absolute Gasteiger partial charge is 0.249 e. The minimum atomic E-state index is -0.353. The molecule has 0 radical (unpaired) electrons. The second kappa shape index (κ2) is 8.44. The first kappa shape index (κ1) is 18.6. The van der Waals surface area contributed by atoms with Crippen molar-refractivity contribution in [2.24, 2.45) is 0 Å². The van der Waals surface area contributed by atoms with Crippen LogP contribution in [0, 0.1) is 12.7 Å². The SMILES string of the molecule is CCN(CC)c1ccc(Nc2nncc(Nc3ccccc3F)n2)c(C)c1. The van der Waals surface area contributed by atoms with E-state index in [4.69, 9.17) is 0 Å². The molecule has 0 saturated heterocycles. The fraction of sp³-hybridized carbons (Fsp3) is 0.250. The molecule has 0 saturated carbocycles. The molecule has 1 heterocycles. The summed E-state index contributed by atoms with van der Waals surface area (Å²) in [5.41, 5.74) is 3.49. The summed E-state index contributed by atoms with van der Waals surface area (Å²) >= 11 is 0. The van der Waals surface area contributed by atoms with E-state index in [0.717, 1.165) is 24.3 Å². The zero-order chi connectivity index (χ0) is 19.2. The third-order valence-electron chi connectivity index (χ3n) is 4.28. The van der Waals surface area contributed by atoms with Crippen molar-refractivity contribution in [3.05, 3.63) is 60.0 Å². The summed E-state index contributed by atoms with van der Waals surface area (Å²) in [6.45, 7) is 8.22. The van der Waals surface area contributed by atoms with Crippen LogP contribution in [0.3, 0.4) is 0 Å². The lowest BCUT2D eigenvalue weighted by molar-refractivity contribution is 0.632. The Morgan fingerprint density at radius 2 is 1.78 bits per heavy atom. The average molecular weight is 366 g/mol. The Kier molecular flexibility index (Phi) is 5.80. The highest BCUT2D eigenvalue weighted by atomic mass is 19.1. The van der Waals surface area contributed by atoms with Gasteiger partial charge in [-0.05, 0) is 56.7 Å². The first-order valence-electron chi connectivity index (χ1n) is 8.94. The topological polar surface area (TPSA) is 66.0 Å². The fourth-order valence-corrected chi connectivity index (χ4v) is 2.81. The van der Waals surface area contributed by atoms with Crippen molar-refractivity contribution in [1.82, 2.24) is 15.2 Å². The van der Waals surface area contributed by atoms with E-state index >= 15 is 0 Å². The van der Waals surface area contributed by atoms with E-state index < -0.39 is 0 Å². The molecule has 0 unspecified atom stereocenters. The molecule has 140 valence electrons. The molecule has 0 amide bonds. The molecule has 6 nitrogen and oxygen atoms in total. The maximum atomic E-state index is 13.8. The molecule has 7 heteroatoms. The predicted octanol–water partition coefficient (Wildman–Crippen LogP) is 4.65. The van der Waals surface area contributed by atoms with E-state index in [0.29, 0.717) is 17.5 Å². The molecule has 27 heavy (non-hydrogen) atoms. The lowest BCUT2D eigenvalue weighted by atomic mass is 10.1. The summed E-state index contributed by atoms with van der Waals surface area (Å²) in [5.74, 6) is 0.401. The molecule has 0 aliphatic heterocycles. The Balaban J connectivity index is 1.77. The minimum absolute atomic E-state index is 0.337. The van der Waals surface area contributed by atoms with Crippen LogP contribution in [0.15, 0.2) is 48.7 Å². The fourth-order valence-electron chi connectivity index (χ4n) is 2.81. The van der Waals surface area contributed by atoms with Gasteiger partial charge in [-0.1, -0.05) is 12.1 Å². The van der Waals surface area contributed by atoms with Crippen molar-refractivity contribution in [3.63, 3.8) is 0 Å². The number of para-hydroxylation sites is 1. The number of halogens is 1. The van der Waals surface area contributed by atoms with E-state index in [1.807, 2.05) is 13.0 Å². The summed E-state index contributed by atoms with van der Waals surface area (Å²) in [6.07, 6.45) is 1.45. The van der Waals surface area contributed by atoms with Gasteiger partial charge in [-0.25, -0.2) is 4.39 Å². The van der Waals surface area contributed by atoms with E-state index in [1.165, 1.54) is 18.0 Å². The summed E-state index contributed by atoms with van der Waals surface area (Å²) in [4.78, 5) is 6.65. The van der Waals surface area contributed by atoms with Crippen LogP contribution in [-0.4, -0.2) is 28.3 Å². The largest absolute Gasteiger partial charge is 0.372 e. The molecule has 3 aromatic rings. The highest BCUT2D eigenvalue weighted by Gasteiger charge is 2.08. The zero-order valence-electron chi connectivity index (χ0n) is 15.7. The molecular formula is C20H23FN6. The van der Waals surface area contributed by atoms with E-state index in [1.54, 1.807) is 18.2 Å². The molecule has 2 N–H and O–H groups in total. The van der Waals surface area contributed by atoms with Crippen LogP contribution in [0.5, 0.6) is 0 Å². The van der Waals surface area contributed by atoms with Gasteiger partial charge in [0.25, 0.3) is 0 Å². The lowest BCUT2D eigenvalue weighted by Crippen LogP contribution is -2.21. The normalized spacial score (nSPS) is 10.5. The lowest BCUT2D eigenvalue weighted by Gasteiger charge is -2.22. The molecule has 0 fully saturated rings. The number of hydrogen-bond acceptors (Lipinski definition) is 6. The number of hydrogen-bond donors (Lipinski definition) is 2. The Morgan fingerprint density at radius 3 is 2.48 bits per heavy atom. The number of nitrogens with zero attached hydrogens (tertiary/aromatic N) is 4. The van der Waals surface area contributed by atoms with Crippen LogP contribution in [-0.2, 0) is 0 Å². The Bertz CT molecular complexity index is 910. The number of aromatic nitrogens is 3. The Morgan fingerprint density at radius 1 is 1.00 bits per heavy atom. The number of aryl methyl sites for hydroxylation is 1. The summed E-state index contributed by atoms with van der Waals surface area (Å²) < 4.78 is 13.8. The summed E-state index contributed by atoms with van der Waals surface area (Å²) in [7, 11) is 0. The quantitative estimate of drug-likeness (QED) is 0.634. The van der Waals surface area contributed by atoms with E-state index in [2.05, 4.69) is 56.7 Å². The second-order valence-electron chi connectivity index (χ2n) is 6.07. The van der Waals surface area contributed by atoms with Gasteiger partial charge in [0.15, 0.2) is 5.82 Å². The van der Waals surface area contributed by atoms with Crippen molar-refractivity contribution < 1.29 is 4.39 Å². The molecule has 2 aromatic carbocycles. The van der Waals surface area contributed by atoms with Crippen molar-refractivity contribution in [3.8, 4) is 0 Å². The van der Waals surface area contributed by atoms with Crippen molar-refractivity contribution >= 4 is 28.8 Å². The molecule has 0 aliphatic carbocycles. The van der Waals surface area contributed by atoms with Crippen LogP contribution in [0.25, 0.3) is 0 Å². The monoisotopic (exact) mass is 366 g/mol. The average Bonchev–Trinajstić information content (AvgIpc) is 2.67. The minimum Gasteiger partial charge on any atom is -0.372 e. The van der Waals surface area contributed by atoms with Crippen molar-refractivity contribution in [2.45, 2.75) is 20.8 Å². The van der Waals surface area contributed by atoms with E-state index in [9.17, 15) is 4.39 Å². The number of benzene rings is 2. The van der Waals surface area contributed by atoms with Gasteiger partial charge in [0.1, 0.15) is 5.82 Å². The first-order valence-corrected chi connectivity index (χ1v) is 8.94. The van der Waals surface area contributed by atoms with Crippen LogP contribution in [0.1, 0.15) is 19.4 Å². The van der Waals surface area contributed by atoms with Crippen LogP contribution >= 0.6 is 0 Å². The molecule has 0 aliphatic rings. The van der Waals surface area contributed by atoms with Gasteiger partial charge in [-0.3, -0.25) is 0 Å². The highest BCUT2D eigenvalue weighted by molar-refractivity contribution is 5.65. The summed E-state index contributed by atoms with van der Waals surface area (Å²) in [6, 6.07) is 12.6. The van der Waals surface area contributed by atoms with Gasteiger partial charge in [0, 0.05) is 24.5 Å². The van der Waals surface area contributed by atoms with Crippen LogP contribution < -0.4 is 15.5 Å². The zero-order valence-corrected chi connectivity index (χ0v) is 15.7. The molecule has 1 aromatic heterocycles. The van der Waals surface area contributed by atoms with Gasteiger partial charge < -0.3 is 15.5 Å². The molecule has 0 bridgehead atoms. The third-order valence-corrected chi connectivity index (χ3v) is 4.28. The van der Waals surface area contributed by atoms with Gasteiger partial charge in [0.2, 0.25) is 5.95 Å². The molecule has 0 spiro atoms. The predicted molar refractivity (Wildman–Crippen MR) is 108 cm³/mol. The Hall–Kier alpha value is -3.22. The third kappa shape index (κ3) is 4.49. The first-order chi connectivity index (χ1) is 13.1. The van der Waals surface area contributed by atoms with Gasteiger partial charge >= 0.3 is 0 Å². The molecule has 0 atom stereocenters. The number of rotatable bonds is 7. The van der Waals surface area contributed by atoms with E-state index in [-0.39, 0.29) is 5.82 Å². The van der Waals surface area contributed by atoms with Crippen molar-refractivity contribution in [1.29, 1.82) is 0 Å². The standard InChI is InChI=1S/C20H23FN6/c1-4-27(5-2)15-10-11-17(14(3)12-15)24-20-25-19(13-22-26-20)23-18-9-7-6-8-16(18)21/h6-13H,4-5H2,1-3H3,(H2,23,24,25,26). The number of anilines is 5. The van der Waals surface area contributed by atoms with Gasteiger partial charge in [-0.15, -0.1) is 5.10 Å². The highest BCUT2D eigenvalue weighted by Crippen LogP contribution is 2.25. The van der Waals surface area contributed by atoms with Gasteiger partial charge in [-0.2, -0.15) is 10.1 Å². The maximum Gasteiger partial charge on any atom is 0.249 e. The molecule has 3 rings (SSSR count). The van der Waals surface area contributed by atoms with Crippen molar-refractivity contribution in [2.75, 3.05) is 28.6 Å². The Labute approximate surface area is 158 Å². The van der Waals surface area contributed by atoms with Crippen LogP contribution in [0.4, 0.5) is 33.2 Å². The maximum absolute atomic E-state index is 13.8. The molecular weight excluding hydrogens is 343 g/mol. The summed E-state index contributed by atoms with van der Waals surface area (Å²) in [5, 5.41) is 14.0. The number of nitrogens with one attached hydrogen (secondary N) is 2.